The molecule has 124 valence electrons. The van der Waals surface area contributed by atoms with Crippen LogP contribution in [0.4, 0.5) is 0 Å². The lowest BCUT2D eigenvalue weighted by Gasteiger charge is -2.23. The minimum absolute atomic E-state index is 0.148. The zero-order valence-electron chi connectivity index (χ0n) is 13.1. The van der Waals surface area contributed by atoms with Crippen LogP contribution in [0.2, 0.25) is 5.02 Å². The SMILES string of the molecule is CCC(OC)C(Cc1ccc(S(C)(=O)=O)cc1Cl)C(=O)OC. The highest BCUT2D eigenvalue weighted by Gasteiger charge is 2.29. The van der Waals surface area contributed by atoms with Crippen LogP contribution in [-0.2, 0) is 30.5 Å². The summed E-state index contributed by atoms with van der Waals surface area (Å²) >= 11 is 6.16. The van der Waals surface area contributed by atoms with Crippen LogP contribution in [-0.4, -0.2) is 41.0 Å². The lowest BCUT2D eigenvalue weighted by molar-refractivity contribution is -0.150. The fourth-order valence-electron chi connectivity index (χ4n) is 2.29. The number of esters is 1. The average Bonchev–Trinajstić information content (AvgIpc) is 2.47. The number of rotatable bonds is 7. The maximum absolute atomic E-state index is 12.0. The Bertz CT molecular complexity index is 623. The summed E-state index contributed by atoms with van der Waals surface area (Å²) in [7, 11) is -0.452. The van der Waals surface area contributed by atoms with Gasteiger partial charge < -0.3 is 9.47 Å². The largest absolute Gasteiger partial charge is 0.469 e. The van der Waals surface area contributed by atoms with Crippen LogP contribution < -0.4 is 0 Å². The van der Waals surface area contributed by atoms with Crippen molar-refractivity contribution >= 4 is 27.4 Å². The first-order valence-electron chi connectivity index (χ1n) is 6.83. The Morgan fingerprint density at radius 2 is 1.95 bits per heavy atom. The molecule has 22 heavy (non-hydrogen) atoms. The van der Waals surface area contributed by atoms with E-state index in [0.717, 1.165) is 6.26 Å². The van der Waals surface area contributed by atoms with E-state index in [1.807, 2.05) is 6.92 Å². The third-order valence-electron chi connectivity index (χ3n) is 3.55. The normalized spacial score (nSPS) is 14.4. The predicted octanol–water partition coefficient (Wildman–Crippen LogP) is 2.50. The molecule has 0 amide bonds. The highest BCUT2D eigenvalue weighted by atomic mass is 35.5. The predicted molar refractivity (Wildman–Crippen MR) is 84.9 cm³/mol. The van der Waals surface area contributed by atoms with E-state index in [1.54, 1.807) is 13.2 Å². The molecule has 0 saturated carbocycles. The molecule has 1 rings (SSSR count). The second-order valence-electron chi connectivity index (χ2n) is 5.04. The zero-order chi connectivity index (χ0) is 16.9. The fourth-order valence-corrected chi connectivity index (χ4v) is 3.26. The summed E-state index contributed by atoms with van der Waals surface area (Å²) < 4.78 is 33.2. The number of sulfone groups is 1. The number of halogens is 1. The van der Waals surface area contributed by atoms with E-state index in [2.05, 4.69) is 0 Å². The standard InChI is InChI=1S/C15H21ClO5S/c1-5-14(20-2)12(15(17)21-3)8-10-6-7-11(9-13(10)16)22(4,18)19/h6-7,9,12,14H,5,8H2,1-4H3. The van der Waals surface area contributed by atoms with Crippen molar-refractivity contribution in [2.75, 3.05) is 20.5 Å². The topological polar surface area (TPSA) is 69.7 Å². The second kappa shape index (κ2) is 7.94. The van der Waals surface area contributed by atoms with Crippen molar-refractivity contribution in [3.05, 3.63) is 28.8 Å². The van der Waals surface area contributed by atoms with Gasteiger partial charge in [0.1, 0.15) is 0 Å². The molecule has 2 unspecified atom stereocenters. The molecule has 0 fully saturated rings. The summed E-state index contributed by atoms with van der Waals surface area (Å²) in [5.41, 5.74) is 0.681. The van der Waals surface area contributed by atoms with Crippen molar-refractivity contribution in [2.24, 2.45) is 5.92 Å². The molecule has 0 radical (unpaired) electrons. The van der Waals surface area contributed by atoms with Crippen molar-refractivity contribution < 1.29 is 22.7 Å². The number of ether oxygens (including phenoxy) is 2. The molecule has 2 atom stereocenters. The number of carbonyl (C=O) groups excluding carboxylic acids is 1. The molecule has 1 aromatic rings. The molecule has 0 N–H and O–H groups in total. The van der Waals surface area contributed by atoms with Gasteiger partial charge in [0.2, 0.25) is 0 Å². The Morgan fingerprint density at radius 1 is 1.32 bits per heavy atom. The molecule has 5 nitrogen and oxygen atoms in total. The van der Waals surface area contributed by atoms with Crippen molar-refractivity contribution in [3.8, 4) is 0 Å². The minimum atomic E-state index is -3.32. The van der Waals surface area contributed by atoms with Crippen LogP contribution >= 0.6 is 11.6 Å². The van der Waals surface area contributed by atoms with Gasteiger partial charge in [-0.2, -0.15) is 0 Å². The molecule has 0 aromatic heterocycles. The first kappa shape index (κ1) is 18.9. The fraction of sp³-hybridized carbons (Fsp3) is 0.533. The summed E-state index contributed by atoms with van der Waals surface area (Å²) in [4.78, 5) is 12.1. The lowest BCUT2D eigenvalue weighted by Crippen LogP contribution is -2.32. The van der Waals surface area contributed by atoms with Crippen molar-refractivity contribution in [1.82, 2.24) is 0 Å². The third-order valence-corrected chi connectivity index (χ3v) is 5.01. The van der Waals surface area contributed by atoms with Crippen molar-refractivity contribution in [3.63, 3.8) is 0 Å². The number of hydrogen-bond donors (Lipinski definition) is 0. The molecule has 0 aliphatic heterocycles. The number of carbonyl (C=O) groups is 1. The maximum atomic E-state index is 12.0. The maximum Gasteiger partial charge on any atom is 0.311 e. The van der Waals surface area contributed by atoms with Gasteiger partial charge in [-0.1, -0.05) is 24.6 Å². The third kappa shape index (κ3) is 4.69. The van der Waals surface area contributed by atoms with Gasteiger partial charge >= 0.3 is 5.97 Å². The van der Waals surface area contributed by atoms with Gasteiger partial charge in [-0.15, -0.1) is 0 Å². The minimum Gasteiger partial charge on any atom is -0.469 e. The summed E-state index contributed by atoms with van der Waals surface area (Å²) in [6.45, 7) is 1.92. The first-order chi connectivity index (χ1) is 10.2. The van der Waals surface area contributed by atoms with Crippen LogP contribution in [0.5, 0.6) is 0 Å². The van der Waals surface area contributed by atoms with E-state index in [-0.39, 0.29) is 17.0 Å². The second-order valence-corrected chi connectivity index (χ2v) is 7.46. The van der Waals surface area contributed by atoms with Crippen LogP contribution in [0.3, 0.4) is 0 Å². The van der Waals surface area contributed by atoms with Crippen molar-refractivity contribution in [2.45, 2.75) is 30.8 Å². The van der Waals surface area contributed by atoms with Gasteiger partial charge in [0.05, 0.1) is 24.0 Å². The van der Waals surface area contributed by atoms with E-state index in [0.29, 0.717) is 23.4 Å². The van der Waals surface area contributed by atoms with Gasteiger partial charge in [-0.25, -0.2) is 8.42 Å². The molecule has 7 heteroatoms. The van der Waals surface area contributed by atoms with Crippen LogP contribution in [0, 0.1) is 5.92 Å². The molecule has 0 heterocycles. The molecule has 0 spiro atoms. The zero-order valence-corrected chi connectivity index (χ0v) is 14.7. The average molecular weight is 349 g/mol. The molecule has 0 aliphatic carbocycles. The smallest absolute Gasteiger partial charge is 0.311 e. The van der Waals surface area contributed by atoms with Crippen molar-refractivity contribution in [1.29, 1.82) is 0 Å². The Labute approximate surface area is 136 Å². The number of methoxy groups -OCH3 is 2. The van der Waals surface area contributed by atoms with Gasteiger partial charge in [-0.05, 0) is 30.5 Å². The summed E-state index contributed by atoms with van der Waals surface area (Å²) in [5, 5.41) is 0.308. The van der Waals surface area contributed by atoms with E-state index >= 15 is 0 Å². The molecule has 0 bridgehead atoms. The Hall–Kier alpha value is -1.11. The van der Waals surface area contributed by atoms with Crippen LogP contribution in [0.1, 0.15) is 18.9 Å². The van der Waals surface area contributed by atoms with E-state index < -0.39 is 15.8 Å². The quantitative estimate of drug-likeness (QED) is 0.708. The van der Waals surface area contributed by atoms with Gasteiger partial charge in [0, 0.05) is 18.4 Å². The van der Waals surface area contributed by atoms with Crippen LogP contribution in [0.15, 0.2) is 23.1 Å². The summed E-state index contributed by atoms with van der Waals surface area (Å²) in [6, 6.07) is 4.50. The Morgan fingerprint density at radius 3 is 2.36 bits per heavy atom. The van der Waals surface area contributed by atoms with E-state index in [1.165, 1.54) is 19.2 Å². The lowest BCUT2D eigenvalue weighted by atomic mass is 9.92. The molecule has 0 aliphatic rings. The van der Waals surface area contributed by atoms with Crippen LogP contribution in [0.25, 0.3) is 0 Å². The van der Waals surface area contributed by atoms with Gasteiger partial charge in [0.25, 0.3) is 0 Å². The molecular formula is C15H21ClO5S. The highest BCUT2D eigenvalue weighted by Crippen LogP contribution is 2.26. The van der Waals surface area contributed by atoms with Gasteiger partial charge in [-0.3, -0.25) is 4.79 Å². The first-order valence-corrected chi connectivity index (χ1v) is 9.10. The highest BCUT2D eigenvalue weighted by molar-refractivity contribution is 7.90. The molecular weight excluding hydrogens is 328 g/mol. The Balaban J connectivity index is 3.11. The molecule has 0 saturated heterocycles. The summed E-state index contributed by atoms with van der Waals surface area (Å²) in [6.07, 6.45) is 1.79. The van der Waals surface area contributed by atoms with E-state index in [9.17, 15) is 13.2 Å². The summed E-state index contributed by atoms with van der Waals surface area (Å²) in [5.74, 6) is -0.876. The monoisotopic (exact) mass is 348 g/mol. The van der Waals surface area contributed by atoms with E-state index in [4.69, 9.17) is 21.1 Å². The van der Waals surface area contributed by atoms with Gasteiger partial charge in [0.15, 0.2) is 9.84 Å². The number of benzene rings is 1. The molecule has 1 aromatic carbocycles. The Kier molecular flexibility index (Phi) is 6.84. The number of hydrogen-bond acceptors (Lipinski definition) is 5.